The number of benzene rings is 1. The van der Waals surface area contributed by atoms with Crippen LogP contribution in [0.1, 0.15) is 24.1 Å². The molecule has 5 rings (SSSR count). The first-order valence-corrected chi connectivity index (χ1v) is 11.4. The summed E-state index contributed by atoms with van der Waals surface area (Å²) in [5.74, 6) is -0.578. The van der Waals surface area contributed by atoms with Gasteiger partial charge < -0.3 is 34.9 Å². The van der Waals surface area contributed by atoms with Crippen LogP contribution in [0.15, 0.2) is 33.5 Å². The van der Waals surface area contributed by atoms with Crippen LogP contribution in [0.4, 0.5) is 0 Å². The molecule has 1 aliphatic carbocycles. The number of carbonyl (C=O) groups is 1. The maximum Gasteiger partial charge on any atom is 0.336 e. The maximum atomic E-state index is 12.8. The van der Waals surface area contributed by atoms with Gasteiger partial charge in [-0.3, -0.25) is 4.79 Å². The number of aliphatic hydroxyl groups excluding tert-OH is 4. The summed E-state index contributed by atoms with van der Waals surface area (Å²) in [7, 11) is 0. The molecule has 1 saturated heterocycles. The number of aryl methyl sites for hydroxylation is 1. The number of aromatic nitrogens is 3. The lowest BCUT2D eigenvalue weighted by atomic mass is 9.92. The van der Waals surface area contributed by atoms with Gasteiger partial charge in [-0.2, -0.15) is 0 Å². The zero-order chi connectivity index (χ0) is 24.7. The topological polar surface area (TPSA) is 180 Å². The van der Waals surface area contributed by atoms with E-state index in [1.165, 1.54) is 10.7 Å². The Balaban J connectivity index is 1.41. The largest absolute Gasteiger partial charge is 0.423 e. The van der Waals surface area contributed by atoms with E-state index in [0.29, 0.717) is 17.7 Å². The van der Waals surface area contributed by atoms with Crippen LogP contribution in [0.3, 0.4) is 0 Å². The van der Waals surface area contributed by atoms with Crippen molar-refractivity contribution >= 4 is 16.9 Å². The fraction of sp³-hybridized carbons (Fsp3) is 0.478. The number of nitrogens with one attached hydrogen (secondary N) is 1. The third-order valence-corrected chi connectivity index (χ3v) is 6.57. The molecule has 2 unspecified atom stereocenters. The summed E-state index contributed by atoms with van der Waals surface area (Å²) in [5.41, 5.74) is 3.16. The molecule has 1 aliphatic heterocycles. The number of ether oxygens (including phenoxy) is 1. The van der Waals surface area contributed by atoms with Gasteiger partial charge in [0.15, 0.2) is 6.29 Å². The summed E-state index contributed by atoms with van der Waals surface area (Å²) in [6.45, 7) is -0.836. The van der Waals surface area contributed by atoms with E-state index in [9.17, 15) is 30.0 Å². The van der Waals surface area contributed by atoms with Crippen molar-refractivity contribution in [3.05, 3.63) is 45.9 Å². The minimum Gasteiger partial charge on any atom is -0.423 e. The van der Waals surface area contributed by atoms with Gasteiger partial charge in [0, 0.05) is 17.0 Å². The van der Waals surface area contributed by atoms with Gasteiger partial charge >= 0.3 is 5.63 Å². The Hall–Kier alpha value is -3.16. The van der Waals surface area contributed by atoms with Crippen molar-refractivity contribution in [2.24, 2.45) is 0 Å². The van der Waals surface area contributed by atoms with Crippen LogP contribution >= 0.6 is 0 Å². The predicted octanol–water partition coefficient (Wildman–Crippen LogP) is -1.15. The second-order valence-corrected chi connectivity index (χ2v) is 8.87. The van der Waals surface area contributed by atoms with E-state index in [4.69, 9.17) is 9.15 Å². The number of amides is 1. The van der Waals surface area contributed by atoms with Crippen molar-refractivity contribution in [1.82, 2.24) is 20.3 Å². The van der Waals surface area contributed by atoms with Crippen LogP contribution in [0.5, 0.6) is 0 Å². The van der Waals surface area contributed by atoms with Gasteiger partial charge in [0.05, 0.1) is 12.3 Å². The molecule has 2 aliphatic rings. The van der Waals surface area contributed by atoms with E-state index < -0.39 is 48.8 Å². The molecule has 35 heavy (non-hydrogen) atoms. The molecule has 1 fully saturated rings. The van der Waals surface area contributed by atoms with Crippen LogP contribution in [0, 0.1) is 0 Å². The summed E-state index contributed by atoms with van der Waals surface area (Å²) >= 11 is 0. The van der Waals surface area contributed by atoms with Gasteiger partial charge in [-0.1, -0.05) is 5.21 Å². The van der Waals surface area contributed by atoms with Gasteiger partial charge in [-0.25, -0.2) is 9.48 Å². The van der Waals surface area contributed by atoms with E-state index in [1.807, 2.05) is 6.07 Å². The Kier molecular flexibility index (Phi) is 6.38. The van der Waals surface area contributed by atoms with Crippen LogP contribution in [-0.2, 0) is 28.9 Å². The molecule has 12 nitrogen and oxygen atoms in total. The van der Waals surface area contributed by atoms with Crippen LogP contribution < -0.4 is 10.9 Å². The van der Waals surface area contributed by atoms with Crippen molar-refractivity contribution in [2.75, 3.05) is 6.61 Å². The molecule has 5 N–H and O–H groups in total. The zero-order valence-corrected chi connectivity index (χ0v) is 18.7. The van der Waals surface area contributed by atoms with E-state index in [1.54, 1.807) is 12.1 Å². The second-order valence-electron chi connectivity index (χ2n) is 8.87. The number of hydrogen-bond acceptors (Lipinski definition) is 10. The van der Waals surface area contributed by atoms with E-state index >= 15 is 0 Å². The fourth-order valence-electron chi connectivity index (χ4n) is 4.73. The lowest BCUT2D eigenvalue weighted by Gasteiger charge is -2.40. The highest BCUT2D eigenvalue weighted by molar-refractivity contribution is 5.85. The first-order valence-electron chi connectivity index (χ1n) is 11.4. The summed E-state index contributed by atoms with van der Waals surface area (Å²) in [6, 6.07) is 5.57. The van der Waals surface area contributed by atoms with Gasteiger partial charge in [-0.15, -0.1) is 5.10 Å². The number of hydrogen-bond donors (Lipinski definition) is 5. The van der Waals surface area contributed by atoms with Crippen LogP contribution in [-0.4, -0.2) is 78.6 Å². The van der Waals surface area contributed by atoms with Crippen LogP contribution in [0.2, 0.25) is 0 Å². The first kappa shape index (κ1) is 23.6. The third kappa shape index (κ3) is 4.46. The Morgan fingerprint density at radius 1 is 1.14 bits per heavy atom. The molecule has 3 aromatic rings. The van der Waals surface area contributed by atoms with E-state index in [2.05, 4.69) is 15.6 Å². The molecule has 5 atom stereocenters. The van der Waals surface area contributed by atoms with Gasteiger partial charge in [0.2, 0.25) is 5.91 Å². The lowest BCUT2D eigenvalue weighted by Crippen LogP contribution is -2.64. The highest BCUT2D eigenvalue weighted by atomic mass is 16.6. The molecule has 0 bridgehead atoms. The van der Waals surface area contributed by atoms with Gasteiger partial charge in [-0.05, 0) is 49.4 Å². The quantitative estimate of drug-likeness (QED) is 0.283. The standard InChI is InChI=1S/C23H26N4O8/c28-10-16-21(31)22(32)20(23(33)35-16)24-17(29)9-27-14-4-2-1-3-11-7-12-5-6-18(30)34-15(12)8-13(11)19(14)25-26-27/h5-8,16,20-23,28,31-33H,1-4,9-10H2,(H,24,29)/t16?,20?,21-,22-,23-/m1/s1. The molecule has 0 saturated carbocycles. The number of fused-ring (bicyclic) bond motifs is 4. The van der Waals surface area contributed by atoms with Gasteiger partial charge in [0.25, 0.3) is 0 Å². The fourth-order valence-corrected chi connectivity index (χ4v) is 4.73. The summed E-state index contributed by atoms with van der Waals surface area (Å²) in [5, 5.41) is 51.4. The maximum absolute atomic E-state index is 12.8. The number of carbonyl (C=O) groups excluding carboxylic acids is 1. The molecular formula is C23H26N4O8. The average molecular weight is 486 g/mol. The van der Waals surface area contributed by atoms with E-state index in [0.717, 1.165) is 41.5 Å². The molecule has 12 heteroatoms. The zero-order valence-electron chi connectivity index (χ0n) is 18.7. The Morgan fingerprint density at radius 3 is 2.74 bits per heavy atom. The van der Waals surface area contributed by atoms with Crippen molar-refractivity contribution in [1.29, 1.82) is 0 Å². The lowest BCUT2D eigenvalue weighted by molar-refractivity contribution is -0.253. The normalized spacial score (nSPS) is 26.5. The summed E-state index contributed by atoms with van der Waals surface area (Å²) < 4.78 is 11.9. The minimum atomic E-state index is -1.61. The van der Waals surface area contributed by atoms with Crippen molar-refractivity contribution in [2.45, 2.75) is 62.9 Å². The summed E-state index contributed by atoms with van der Waals surface area (Å²) in [6.07, 6.45) is -2.58. The molecule has 2 aromatic heterocycles. The van der Waals surface area contributed by atoms with Crippen molar-refractivity contribution in [3.63, 3.8) is 0 Å². The highest BCUT2D eigenvalue weighted by Gasteiger charge is 2.44. The predicted molar refractivity (Wildman–Crippen MR) is 120 cm³/mol. The molecule has 186 valence electrons. The van der Waals surface area contributed by atoms with Crippen LogP contribution in [0.25, 0.3) is 22.2 Å². The second kappa shape index (κ2) is 9.47. The Bertz CT molecular complexity index is 1300. The highest BCUT2D eigenvalue weighted by Crippen LogP contribution is 2.33. The Morgan fingerprint density at radius 2 is 1.94 bits per heavy atom. The molecule has 1 aromatic carbocycles. The smallest absolute Gasteiger partial charge is 0.336 e. The number of rotatable bonds is 4. The third-order valence-electron chi connectivity index (χ3n) is 6.57. The molecule has 1 amide bonds. The Labute approximate surface area is 198 Å². The van der Waals surface area contributed by atoms with Gasteiger partial charge in [0.1, 0.15) is 42.2 Å². The molecular weight excluding hydrogens is 460 g/mol. The minimum absolute atomic E-state index is 0.240. The SMILES string of the molecule is O=C(Cn1nnc2c1CCCCc1cc3ccc(=O)oc3cc1-2)NC1[C@H](O)OC(CO)[C@@H](O)[C@@H]1O. The van der Waals surface area contributed by atoms with Crippen molar-refractivity contribution in [3.8, 4) is 11.3 Å². The summed E-state index contributed by atoms with van der Waals surface area (Å²) in [4.78, 5) is 24.5. The average Bonchev–Trinajstić information content (AvgIpc) is 3.21. The van der Waals surface area contributed by atoms with Crippen molar-refractivity contribution < 1.29 is 34.4 Å². The number of nitrogens with zero attached hydrogens (tertiary/aromatic N) is 3. The molecule has 0 spiro atoms. The van der Waals surface area contributed by atoms with E-state index in [-0.39, 0.29) is 6.54 Å². The monoisotopic (exact) mass is 486 g/mol. The number of aliphatic hydroxyl groups is 4. The first-order chi connectivity index (χ1) is 16.9. The molecule has 0 radical (unpaired) electrons. The molecule has 3 heterocycles.